The van der Waals surface area contributed by atoms with E-state index in [0.29, 0.717) is 0 Å². The van der Waals surface area contributed by atoms with E-state index in [-0.39, 0.29) is 24.7 Å². The van der Waals surface area contributed by atoms with Gasteiger partial charge in [-0.1, -0.05) is 30.3 Å². The Kier molecular flexibility index (Phi) is 3.94. The number of amides is 1. The van der Waals surface area contributed by atoms with Crippen LogP contribution >= 0.6 is 0 Å². The van der Waals surface area contributed by atoms with Gasteiger partial charge in [-0.05, 0) is 12.5 Å². The van der Waals surface area contributed by atoms with Gasteiger partial charge in [0.05, 0.1) is 12.5 Å². The Balaban J connectivity index is 1.79. The molecule has 1 saturated heterocycles. The zero-order valence-corrected chi connectivity index (χ0v) is 10.6. The van der Waals surface area contributed by atoms with Crippen LogP contribution in [-0.4, -0.2) is 23.7 Å². The third kappa shape index (κ3) is 3.19. The van der Waals surface area contributed by atoms with Crippen LogP contribution in [-0.2, 0) is 25.7 Å². The second-order valence-electron chi connectivity index (χ2n) is 4.55. The molecule has 1 fully saturated rings. The van der Waals surface area contributed by atoms with Gasteiger partial charge in [0.15, 0.2) is 0 Å². The summed E-state index contributed by atoms with van der Waals surface area (Å²) in [4.78, 5) is 34.0. The molecule has 5 nitrogen and oxygen atoms in total. The predicted octanol–water partition coefficient (Wildman–Crippen LogP) is 0.823. The first kappa shape index (κ1) is 13.3. The lowest BCUT2D eigenvalue weighted by Gasteiger charge is -2.34. The van der Waals surface area contributed by atoms with Crippen LogP contribution in [0.25, 0.3) is 0 Å². The van der Waals surface area contributed by atoms with Gasteiger partial charge < -0.3 is 10.1 Å². The van der Waals surface area contributed by atoms with Crippen molar-refractivity contribution in [1.82, 2.24) is 5.32 Å². The van der Waals surface area contributed by atoms with Gasteiger partial charge >= 0.3 is 5.97 Å². The fourth-order valence-electron chi connectivity index (χ4n) is 2.06. The van der Waals surface area contributed by atoms with Gasteiger partial charge in [-0.3, -0.25) is 14.4 Å². The van der Waals surface area contributed by atoms with Gasteiger partial charge in [-0.25, -0.2) is 0 Å². The molecular formula is C14H15NO4. The van der Waals surface area contributed by atoms with Gasteiger partial charge in [0, 0.05) is 0 Å². The number of β-lactam (4-membered cyclic amide) rings is 1. The average Bonchev–Trinajstić information content (AvgIpc) is 2.36. The summed E-state index contributed by atoms with van der Waals surface area (Å²) in [7, 11) is 0. The van der Waals surface area contributed by atoms with Gasteiger partial charge in [0.25, 0.3) is 0 Å². The highest BCUT2D eigenvalue weighted by Gasteiger charge is 2.43. The Hall–Kier alpha value is -2.17. The zero-order chi connectivity index (χ0) is 13.8. The number of esters is 1. The molecule has 1 heterocycles. The molecule has 5 heteroatoms. The number of Topliss-reactive ketones (excluding diaryl/α,β-unsaturated/α-hetero) is 1. The number of nitrogens with one attached hydrogen (secondary N) is 1. The number of ether oxygens (including phenoxy) is 1. The van der Waals surface area contributed by atoms with Crippen molar-refractivity contribution in [1.29, 1.82) is 0 Å². The first-order chi connectivity index (χ1) is 9.08. The molecule has 1 N–H and O–H groups in total. The average molecular weight is 261 g/mol. The molecule has 0 saturated carbocycles. The van der Waals surface area contributed by atoms with E-state index in [1.807, 2.05) is 30.3 Å². The molecule has 0 bridgehead atoms. The number of hydrogen-bond acceptors (Lipinski definition) is 4. The normalized spacial score (nSPS) is 21.2. The number of benzene rings is 1. The first-order valence-corrected chi connectivity index (χ1v) is 6.08. The number of hydrogen-bond donors (Lipinski definition) is 1. The smallest absolute Gasteiger partial charge is 0.308 e. The second-order valence-corrected chi connectivity index (χ2v) is 4.55. The summed E-state index contributed by atoms with van der Waals surface area (Å²) < 4.78 is 5.10. The van der Waals surface area contributed by atoms with E-state index in [4.69, 9.17) is 4.74 Å². The van der Waals surface area contributed by atoms with E-state index >= 15 is 0 Å². The van der Waals surface area contributed by atoms with Crippen molar-refractivity contribution in [3.8, 4) is 0 Å². The quantitative estimate of drug-likeness (QED) is 0.484. The third-order valence-corrected chi connectivity index (χ3v) is 3.08. The summed E-state index contributed by atoms with van der Waals surface area (Å²) in [6.07, 6.45) is 0.0306. The molecular weight excluding hydrogens is 246 g/mol. The maximum Gasteiger partial charge on any atom is 0.308 e. The Labute approximate surface area is 110 Å². The lowest BCUT2D eigenvalue weighted by Crippen LogP contribution is -2.61. The van der Waals surface area contributed by atoms with E-state index in [1.165, 1.54) is 6.92 Å². The largest absolute Gasteiger partial charge is 0.461 e. The Morgan fingerprint density at radius 1 is 1.26 bits per heavy atom. The van der Waals surface area contributed by atoms with Crippen molar-refractivity contribution in [2.45, 2.75) is 26.0 Å². The molecule has 2 unspecified atom stereocenters. The van der Waals surface area contributed by atoms with Crippen LogP contribution in [0.4, 0.5) is 0 Å². The Morgan fingerprint density at radius 2 is 1.95 bits per heavy atom. The van der Waals surface area contributed by atoms with Gasteiger partial charge in [-0.2, -0.15) is 0 Å². The van der Waals surface area contributed by atoms with Crippen molar-refractivity contribution < 1.29 is 19.1 Å². The highest BCUT2D eigenvalue weighted by Crippen LogP contribution is 2.19. The molecule has 0 aromatic heterocycles. The van der Waals surface area contributed by atoms with Crippen molar-refractivity contribution in [3.05, 3.63) is 35.9 Å². The van der Waals surface area contributed by atoms with Crippen LogP contribution in [0.1, 0.15) is 18.9 Å². The number of carbonyl (C=O) groups excluding carboxylic acids is 3. The Bertz CT molecular complexity index is 489. The van der Waals surface area contributed by atoms with Gasteiger partial charge in [0.1, 0.15) is 18.3 Å². The zero-order valence-electron chi connectivity index (χ0n) is 10.6. The SMILES string of the molecule is CC(=O)C1C(=O)NC1CC(=O)OCc1ccccc1. The summed E-state index contributed by atoms with van der Waals surface area (Å²) in [5.74, 6) is -1.65. The maximum absolute atomic E-state index is 11.6. The summed E-state index contributed by atoms with van der Waals surface area (Å²) in [5, 5.41) is 2.54. The molecule has 1 aromatic carbocycles. The molecule has 0 aliphatic carbocycles. The minimum absolute atomic E-state index is 0.0306. The molecule has 100 valence electrons. The van der Waals surface area contributed by atoms with Crippen LogP contribution in [0.3, 0.4) is 0 Å². The minimum Gasteiger partial charge on any atom is -0.461 e. The molecule has 19 heavy (non-hydrogen) atoms. The summed E-state index contributed by atoms with van der Waals surface area (Å²) in [6, 6.07) is 8.90. The number of ketones is 1. The van der Waals surface area contributed by atoms with Crippen molar-refractivity contribution >= 4 is 17.7 Å². The minimum atomic E-state index is -0.704. The van der Waals surface area contributed by atoms with E-state index in [1.54, 1.807) is 0 Å². The fourth-order valence-corrected chi connectivity index (χ4v) is 2.06. The van der Waals surface area contributed by atoms with E-state index < -0.39 is 17.9 Å². The molecule has 0 radical (unpaired) electrons. The van der Waals surface area contributed by atoms with E-state index in [0.717, 1.165) is 5.56 Å². The Morgan fingerprint density at radius 3 is 2.53 bits per heavy atom. The lowest BCUT2D eigenvalue weighted by atomic mass is 9.85. The fraction of sp³-hybridized carbons (Fsp3) is 0.357. The monoisotopic (exact) mass is 261 g/mol. The van der Waals surface area contributed by atoms with Crippen LogP contribution < -0.4 is 5.32 Å². The lowest BCUT2D eigenvalue weighted by molar-refractivity contribution is -0.150. The molecule has 1 aliphatic heterocycles. The molecule has 0 spiro atoms. The highest BCUT2D eigenvalue weighted by atomic mass is 16.5. The predicted molar refractivity (Wildman–Crippen MR) is 67.0 cm³/mol. The van der Waals surface area contributed by atoms with Crippen LogP contribution in [0, 0.1) is 5.92 Å². The van der Waals surface area contributed by atoms with Crippen LogP contribution in [0.2, 0.25) is 0 Å². The molecule has 1 amide bonds. The maximum atomic E-state index is 11.6. The van der Waals surface area contributed by atoms with Crippen molar-refractivity contribution in [2.24, 2.45) is 5.92 Å². The summed E-state index contributed by atoms with van der Waals surface area (Å²) in [6.45, 7) is 1.55. The van der Waals surface area contributed by atoms with Crippen molar-refractivity contribution in [3.63, 3.8) is 0 Å². The topological polar surface area (TPSA) is 72.5 Å². The number of carbonyl (C=O) groups is 3. The summed E-state index contributed by atoms with van der Waals surface area (Å²) >= 11 is 0. The highest BCUT2D eigenvalue weighted by molar-refractivity contribution is 6.06. The second kappa shape index (κ2) is 5.65. The van der Waals surface area contributed by atoms with Crippen LogP contribution in [0.15, 0.2) is 30.3 Å². The first-order valence-electron chi connectivity index (χ1n) is 6.08. The molecule has 1 aromatic rings. The van der Waals surface area contributed by atoms with E-state index in [2.05, 4.69) is 5.32 Å². The molecule has 2 rings (SSSR count). The van der Waals surface area contributed by atoms with Crippen LogP contribution in [0.5, 0.6) is 0 Å². The standard InChI is InChI=1S/C14H15NO4/c1-9(16)13-11(15-14(13)18)7-12(17)19-8-10-5-3-2-4-6-10/h2-6,11,13H,7-8H2,1H3,(H,15,18). The van der Waals surface area contributed by atoms with Gasteiger partial charge in [0.2, 0.25) is 5.91 Å². The number of rotatable bonds is 5. The summed E-state index contributed by atoms with van der Waals surface area (Å²) in [5.41, 5.74) is 0.900. The van der Waals surface area contributed by atoms with E-state index in [9.17, 15) is 14.4 Å². The molecule has 2 atom stereocenters. The van der Waals surface area contributed by atoms with Crippen molar-refractivity contribution in [2.75, 3.05) is 0 Å². The molecule has 1 aliphatic rings. The van der Waals surface area contributed by atoms with Gasteiger partial charge in [-0.15, -0.1) is 0 Å². The third-order valence-electron chi connectivity index (χ3n) is 3.08.